The summed E-state index contributed by atoms with van der Waals surface area (Å²) in [6.45, 7) is 1.36. The quantitative estimate of drug-likeness (QED) is 0.715. The number of carboxylic acid groups (broad SMARTS) is 1. The Morgan fingerprint density at radius 2 is 1.79 bits per heavy atom. The van der Waals surface area contributed by atoms with E-state index in [0.29, 0.717) is 6.54 Å². The van der Waals surface area contributed by atoms with E-state index >= 15 is 0 Å². The lowest BCUT2D eigenvalue weighted by Crippen LogP contribution is -2.45. The fourth-order valence-corrected chi connectivity index (χ4v) is 3.65. The summed E-state index contributed by atoms with van der Waals surface area (Å²) in [5.74, 6) is -0.608. The molecule has 2 rings (SSSR count). The number of carboxylic acids is 1. The number of aliphatic carboxylic acids is 1. The Balaban J connectivity index is 1.75. The van der Waals surface area contributed by atoms with Crippen molar-refractivity contribution >= 4 is 5.97 Å². The molecular weight excluding hydrogens is 242 g/mol. The molecule has 0 aromatic heterocycles. The van der Waals surface area contributed by atoms with E-state index in [4.69, 9.17) is 0 Å². The van der Waals surface area contributed by atoms with Gasteiger partial charge in [0.2, 0.25) is 0 Å². The SMILES string of the molecule is O=C(O)C1CCCCC1CNCC1(O)CCCCC1. The summed E-state index contributed by atoms with van der Waals surface area (Å²) in [4.78, 5) is 11.2. The Hall–Kier alpha value is -0.610. The Bertz CT molecular complexity index is 300. The maximum absolute atomic E-state index is 11.2. The second kappa shape index (κ2) is 6.71. The first-order valence-electron chi connectivity index (χ1n) is 7.77. The summed E-state index contributed by atoms with van der Waals surface area (Å²) in [5, 5.41) is 23.0. The van der Waals surface area contributed by atoms with Gasteiger partial charge in [-0.05, 0) is 38.1 Å². The normalized spacial score (nSPS) is 31.0. The number of nitrogens with one attached hydrogen (secondary N) is 1. The molecule has 2 saturated carbocycles. The van der Waals surface area contributed by atoms with E-state index in [2.05, 4.69) is 5.32 Å². The maximum Gasteiger partial charge on any atom is 0.306 e. The molecule has 0 amide bonds. The molecule has 2 fully saturated rings. The minimum Gasteiger partial charge on any atom is -0.481 e. The zero-order chi connectivity index (χ0) is 13.7. The molecule has 2 aliphatic carbocycles. The molecule has 0 aromatic carbocycles. The van der Waals surface area contributed by atoms with E-state index in [9.17, 15) is 15.0 Å². The molecule has 3 N–H and O–H groups in total. The number of aliphatic hydroxyl groups is 1. The van der Waals surface area contributed by atoms with Crippen LogP contribution < -0.4 is 5.32 Å². The van der Waals surface area contributed by atoms with Crippen LogP contribution in [0.2, 0.25) is 0 Å². The molecule has 0 saturated heterocycles. The van der Waals surface area contributed by atoms with Gasteiger partial charge in [-0.1, -0.05) is 32.1 Å². The van der Waals surface area contributed by atoms with Gasteiger partial charge >= 0.3 is 5.97 Å². The lowest BCUT2D eigenvalue weighted by atomic mass is 9.79. The van der Waals surface area contributed by atoms with Crippen molar-refractivity contribution in [1.82, 2.24) is 5.32 Å². The van der Waals surface area contributed by atoms with Gasteiger partial charge in [-0.25, -0.2) is 0 Å². The van der Waals surface area contributed by atoms with E-state index in [1.54, 1.807) is 0 Å². The van der Waals surface area contributed by atoms with Crippen LogP contribution in [0.5, 0.6) is 0 Å². The van der Waals surface area contributed by atoms with Gasteiger partial charge in [0, 0.05) is 6.54 Å². The smallest absolute Gasteiger partial charge is 0.306 e. The van der Waals surface area contributed by atoms with E-state index in [1.165, 1.54) is 6.42 Å². The molecule has 110 valence electrons. The highest BCUT2D eigenvalue weighted by atomic mass is 16.4. The van der Waals surface area contributed by atoms with Crippen molar-refractivity contribution < 1.29 is 15.0 Å². The number of carbonyl (C=O) groups is 1. The van der Waals surface area contributed by atoms with E-state index < -0.39 is 11.6 Å². The topological polar surface area (TPSA) is 69.6 Å². The second-order valence-electron chi connectivity index (χ2n) is 6.41. The largest absolute Gasteiger partial charge is 0.481 e. The molecular formula is C15H27NO3. The molecule has 0 bridgehead atoms. The molecule has 0 radical (unpaired) electrons. The van der Waals surface area contributed by atoms with Crippen molar-refractivity contribution in [3.05, 3.63) is 0 Å². The van der Waals surface area contributed by atoms with Crippen molar-refractivity contribution in [1.29, 1.82) is 0 Å². The lowest BCUT2D eigenvalue weighted by molar-refractivity contribution is -0.144. The van der Waals surface area contributed by atoms with Crippen molar-refractivity contribution in [2.24, 2.45) is 11.8 Å². The van der Waals surface area contributed by atoms with Gasteiger partial charge in [0.05, 0.1) is 11.5 Å². The third-order valence-corrected chi connectivity index (χ3v) is 4.87. The first kappa shape index (κ1) is 14.8. The molecule has 4 heteroatoms. The lowest BCUT2D eigenvalue weighted by Gasteiger charge is -2.34. The third-order valence-electron chi connectivity index (χ3n) is 4.87. The third kappa shape index (κ3) is 4.18. The van der Waals surface area contributed by atoms with E-state index in [0.717, 1.165) is 57.9 Å². The Labute approximate surface area is 115 Å². The van der Waals surface area contributed by atoms with Gasteiger partial charge < -0.3 is 15.5 Å². The molecule has 4 nitrogen and oxygen atoms in total. The number of hydrogen-bond acceptors (Lipinski definition) is 3. The van der Waals surface area contributed by atoms with Crippen LogP contribution in [0.4, 0.5) is 0 Å². The molecule has 0 aliphatic heterocycles. The standard InChI is InChI=1S/C15H27NO3/c17-14(18)13-7-3-2-6-12(13)10-16-11-15(19)8-4-1-5-9-15/h12-13,16,19H,1-11H2,(H,17,18). The van der Waals surface area contributed by atoms with Crippen LogP contribution in [0.3, 0.4) is 0 Å². The Kier molecular flexibility index (Phi) is 5.22. The van der Waals surface area contributed by atoms with Crippen LogP contribution in [0, 0.1) is 11.8 Å². The van der Waals surface area contributed by atoms with Crippen LogP contribution in [0.25, 0.3) is 0 Å². The van der Waals surface area contributed by atoms with Crippen molar-refractivity contribution in [3.63, 3.8) is 0 Å². The minimum absolute atomic E-state index is 0.192. The van der Waals surface area contributed by atoms with Crippen LogP contribution >= 0.6 is 0 Å². The van der Waals surface area contributed by atoms with Crippen molar-refractivity contribution in [2.45, 2.75) is 63.4 Å². The van der Waals surface area contributed by atoms with Crippen LogP contribution in [-0.2, 0) is 4.79 Å². The molecule has 2 aliphatic rings. The van der Waals surface area contributed by atoms with Gasteiger partial charge in [0.15, 0.2) is 0 Å². The minimum atomic E-state index is -0.650. The van der Waals surface area contributed by atoms with Crippen LogP contribution in [-0.4, -0.2) is 34.9 Å². The molecule has 0 spiro atoms. The fourth-order valence-electron chi connectivity index (χ4n) is 3.65. The highest BCUT2D eigenvalue weighted by molar-refractivity contribution is 5.70. The van der Waals surface area contributed by atoms with Crippen molar-refractivity contribution in [2.75, 3.05) is 13.1 Å². The van der Waals surface area contributed by atoms with Gasteiger partial charge in [0.1, 0.15) is 0 Å². The van der Waals surface area contributed by atoms with Gasteiger partial charge in [0.25, 0.3) is 0 Å². The summed E-state index contributed by atoms with van der Waals surface area (Å²) >= 11 is 0. The van der Waals surface area contributed by atoms with Crippen molar-refractivity contribution in [3.8, 4) is 0 Å². The highest BCUT2D eigenvalue weighted by Crippen LogP contribution is 2.30. The van der Waals surface area contributed by atoms with Crippen LogP contribution in [0.1, 0.15) is 57.8 Å². The Morgan fingerprint density at radius 1 is 1.11 bits per heavy atom. The van der Waals surface area contributed by atoms with Crippen LogP contribution in [0.15, 0.2) is 0 Å². The average molecular weight is 269 g/mol. The van der Waals surface area contributed by atoms with Gasteiger partial charge in [-0.15, -0.1) is 0 Å². The fraction of sp³-hybridized carbons (Fsp3) is 0.933. The zero-order valence-corrected chi connectivity index (χ0v) is 11.7. The first-order chi connectivity index (χ1) is 9.11. The first-order valence-corrected chi connectivity index (χ1v) is 7.77. The summed E-state index contributed by atoms with van der Waals surface area (Å²) in [5.41, 5.74) is -0.550. The molecule has 2 unspecified atom stereocenters. The van der Waals surface area contributed by atoms with Gasteiger partial charge in [-0.2, -0.15) is 0 Å². The molecule has 2 atom stereocenters. The zero-order valence-electron chi connectivity index (χ0n) is 11.7. The predicted molar refractivity (Wildman–Crippen MR) is 74.0 cm³/mol. The van der Waals surface area contributed by atoms with Gasteiger partial charge in [-0.3, -0.25) is 4.79 Å². The van der Waals surface area contributed by atoms with E-state index in [-0.39, 0.29) is 11.8 Å². The molecule has 0 aromatic rings. The summed E-state index contributed by atoms with van der Waals surface area (Å²) in [7, 11) is 0. The Morgan fingerprint density at radius 3 is 2.47 bits per heavy atom. The summed E-state index contributed by atoms with van der Waals surface area (Å²) in [6.07, 6.45) is 9.21. The predicted octanol–water partition coefficient (Wildman–Crippen LogP) is 2.16. The summed E-state index contributed by atoms with van der Waals surface area (Å²) in [6, 6.07) is 0. The number of hydrogen-bond donors (Lipinski definition) is 3. The maximum atomic E-state index is 11.2. The second-order valence-corrected chi connectivity index (χ2v) is 6.41. The number of rotatable bonds is 5. The molecule has 0 heterocycles. The molecule has 19 heavy (non-hydrogen) atoms. The monoisotopic (exact) mass is 269 g/mol. The van der Waals surface area contributed by atoms with E-state index in [1.807, 2.05) is 0 Å². The summed E-state index contributed by atoms with van der Waals surface area (Å²) < 4.78 is 0. The highest BCUT2D eigenvalue weighted by Gasteiger charge is 2.32. The average Bonchev–Trinajstić information content (AvgIpc) is 2.40.